The summed E-state index contributed by atoms with van der Waals surface area (Å²) in [5, 5.41) is 11.3. The molecule has 25 heavy (non-hydrogen) atoms. The van der Waals surface area contributed by atoms with E-state index < -0.39 is 11.2 Å². The average Bonchev–Trinajstić information content (AvgIpc) is 2.52. The smallest absolute Gasteiger partial charge is 0.410 e. The Hall–Kier alpha value is -1.82. The summed E-state index contributed by atoms with van der Waals surface area (Å²) in [6.07, 6.45) is 6.89. The Morgan fingerprint density at radius 1 is 1.28 bits per heavy atom. The lowest BCUT2D eigenvalue weighted by Crippen LogP contribution is -2.59. The summed E-state index contributed by atoms with van der Waals surface area (Å²) in [6, 6.07) is 1.81. The lowest BCUT2D eigenvalue weighted by Gasteiger charge is -2.51. The summed E-state index contributed by atoms with van der Waals surface area (Å²) >= 11 is 0. The number of rotatable bonds is 2. The Labute approximate surface area is 149 Å². The van der Waals surface area contributed by atoms with Gasteiger partial charge in [0.05, 0.1) is 18.9 Å². The molecule has 6 nitrogen and oxygen atoms in total. The van der Waals surface area contributed by atoms with E-state index in [0.29, 0.717) is 18.6 Å². The molecule has 2 aliphatic heterocycles. The van der Waals surface area contributed by atoms with E-state index in [0.717, 1.165) is 24.8 Å². The highest BCUT2D eigenvalue weighted by Gasteiger charge is 2.49. The molecule has 138 valence electrons. The van der Waals surface area contributed by atoms with Crippen molar-refractivity contribution in [2.24, 2.45) is 0 Å². The zero-order valence-corrected chi connectivity index (χ0v) is 15.5. The lowest BCUT2D eigenvalue weighted by molar-refractivity contribution is -0.0967. The largest absolute Gasteiger partial charge is 0.495 e. The molecule has 1 aromatic rings. The summed E-state index contributed by atoms with van der Waals surface area (Å²) in [4.78, 5) is 18.7. The molecule has 1 amide bonds. The topological polar surface area (TPSA) is 71.9 Å². The van der Waals surface area contributed by atoms with E-state index in [1.165, 1.54) is 0 Å². The van der Waals surface area contributed by atoms with Crippen LogP contribution in [0.2, 0.25) is 0 Å². The molecule has 3 heterocycles. The molecule has 0 spiro atoms. The molecule has 2 unspecified atom stereocenters. The minimum absolute atomic E-state index is 0.0152. The van der Waals surface area contributed by atoms with Crippen molar-refractivity contribution >= 4 is 6.09 Å². The molecule has 0 aromatic carbocycles. The first-order valence-electron chi connectivity index (χ1n) is 8.95. The van der Waals surface area contributed by atoms with Gasteiger partial charge in [-0.05, 0) is 46.1 Å². The second-order valence-electron chi connectivity index (χ2n) is 8.18. The highest BCUT2D eigenvalue weighted by atomic mass is 16.6. The number of carbonyl (C=O) groups excluding carboxylic acids is 1. The third kappa shape index (κ3) is 3.73. The van der Waals surface area contributed by atoms with Gasteiger partial charge in [-0.1, -0.05) is 0 Å². The van der Waals surface area contributed by atoms with Gasteiger partial charge in [-0.2, -0.15) is 0 Å². The predicted octanol–water partition coefficient (Wildman–Crippen LogP) is 3.23. The maximum absolute atomic E-state index is 12.7. The van der Waals surface area contributed by atoms with E-state index in [1.54, 1.807) is 19.5 Å². The number of carbonyl (C=O) groups is 1. The number of hydrogen-bond acceptors (Lipinski definition) is 5. The van der Waals surface area contributed by atoms with E-state index in [1.807, 2.05) is 31.7 Å². The highest BCUT2D eigenvalue weighted by molar-refractivity contribution is 5.69. The fourth-order valence-corrected chi connectivity index (χ4v) is 4.06. The van der Waals surface area contributed by atoms with Crippen molar-refractivity contribution in [3.8, 4) is 5.75 Å². The van der Waals surface area contributed by atoms with Crippen molar-refractivity contribution in [3.05, 3.63) is 24.0 Å². The van der Waals surface area contributed by atoms with Crippen molar-refractivity contribution in [1.82, 2.24) is 9.88 Å². The highest BCUT2D eigenvalue weighted by Crippen LogP contribution is 2.45. The fraction of sp³-hybridized carbons (Fsp3) is 0.684. The van der Waals surface area contributed by atoms with Crippen LogP contribution >= 0.6 is 0 Å². The zero-order valence-electron chi connectivity index (χ0n) is 15.5. The number of methoxy groups -OCH3 is 1. The van der Waals surface area contributed by atoms with Gasteiger partial charge in [-0.25, -0.2) is 4.79 Å². The monoisotopic (exact) mass is 348 g/mol. The van der Waals surface area contributed by atoms with Crippen LogP contribution in [0, 0.1) is 0 Å². The molecule has 0 aliphatic carbocycles. The van der Waals surface area contributed by atoms with Crippen LogP contribution in [0.1, 0.15) is 58.4 Å². The van der Waals surface area contributed by atoms with E-state index in [9.17, 15) is 9.90 Å². The number of aliphatic hydroxyl groups is 1. The summed E-state index contributed by atoms with van der Waals surface area (Å²) in [7, 11) is 1.59. The van der Waals surface area contributed by atoms with E-state index in [4.69, 9.17) is 9.47 Å². The van der Waals surface area contributed by atoms with Crippen molar-refractivity contribution in [2.45, 2.75) is 76.2 Å². The Kier molecular flexibility index (Phi) is 4.66. The zero-order chi connectivity index (χ0) is 18.2. The first kappa shape index (κ1) is 18.0. The van der Waals surface area contributed by atoms with Crippen LogP contribution in [0.3, 0.4) is 0 Å². The third-order valence-corrected chi connectivity index (χ3v) is 5.10. The van der Waals surface area contributed by atoms with Crippen LogP contribution in [0.25, 0.3) is 0 Å². The van der Waals surface area contributed by atoms with E-state index in [2.05, 4.69) is 4.98 Å². The van der Waals surface area contributed by atoms with Crippen molar-refractivity contribution < 1.29 is 19.4 Å². The summed E-state index contributed by atoms with van der Waals surface area (Å²) in [6.45, 7) is 5.63. The van der Waals surface area contributed by atoms with Gasteiger partial charge in [0, 0.05) is 36.7 Å². The number of hydrogen-bond donors (Lipinski definition) is 1. The van der Waals surface area contributed by atoms with Gasteiger partial charge < -0.3 is 19.5 Å². The molecule has 2 aliphatic rings. The van der Waals surface area contributed by atoms with E-state index in [-0.39, 0.29) is 18.2 Å². The molecule has 1 aromatic heterocycles. The number of pyridine rings is 1. The normalized spacial score (nSPS) is 29.2. The molecular formula is C19H28N2O4. The van der Waals surface area contributed by atoms with Gasteiger partial charge in [-0.15, -0.1) is 0 Å². The number of fused-ring (bicyclic) bond motifs is 2. The maximum atomic E-state index is 12.7. The summed E-state index contributed by atoms with van der Waals surface area (Å²) in [5.74, 6) is 0.630. The molecule has 1 N–H and O–H groups in total. The van der Waals surface area contributed by atoms with Crippen molar-refractivity contribution in [1.29, 1.82) is 0 Å². The van der Waals surface area contributed by atoms with E-state index >= 15 is 0 Å². The van der Waals surface area contributed by atoms with Gasteiger partial charge in [0.1, 0.15) is 11.4 Å². The quantitative estimate of drug-likeness (QED) is 0.888. The molecule has 2 bridgehead atoms. The van der Waals surface area contributed by atoms with Crippen LogP contribution in [-0.2, 0) is 10.3 Å². The SMILES string of the molecule is COc1cncc(C2(O)CC3CCCC(C2)N3C(=O)OC(C)(C)C)c1. The molecule has 6 heteroatoms. The van der Waals surface area contributed by atoms with Crippen LogP contribution in [0.15, 0.2) is 18.5 Å². The minimum Gasteiger partial charge on any atom is -0.495 e. The third-order valence-electron chi connectivity index (χ3n) is 5.10. The number of amides is 1. The summed E-state index contributed by atoms with van der Waals surface area (Å²) in [5.41, 5.74) is -0.751. The number of piperidine rings is 2. The Bertz CT molecular complexity index is 627. The molecular weight excluding hydrogens is 320 g/mol. The van der Waals surface area contributed by atoms with Gasteiger partial charge in [0.15, 0.2) is 0 Å². The van der Waals surface area contributed by atoms with Crippen LogP contribution in [-0.4, -0.2) is 45.9 Å². The van der Waals surface area contributed by atoms with Gasteiger partial charge in [0.2, 0.25) is 0 Å². The Balaban J connectivity index is 1.84. The molecule has 2 atom stereocenters. The molecule has 0 saturated carbocycles. The molecule has 2 saturated heterocycles. The first-order chi connectivity index (χ1) is 11.7. The predicted molar refractivity (Wildman–Crippen MR) is 93.4 cm³/mol. The Morgan fingerprint density at radius 3 is 2.48 bits per heavy atom. The second kappa shape index (κ2) is 6.48. The molecule has 3 rings (SSSR count). The van der Waals surface area contributed by atoms with Gasteiger partial charge >= 0.3 is 6.09 Å². The number of ether oxygens (including phenoxy) is 2. The van der Waals surface area contributed by atoms with Crippen LogP contribution < -0.4 is 4.74 Å². The van der Waals surface area contributed by atoms with Gasteiger partial charge in [0.25, 0.3) is 0 Å². The Morgan fingerprint density at radius 2 is 1.92 bits per heavy atom. The van der Waals surface area contributed by atoms with Crippen molar-refractivity contribution in [2.75, 3.05) is 7.11 Å². The molecule has 2 fully saturated rings. The number of nitrogens with zero attached hydrogens (tertiary/aromatic N) is 2. The fourth-order valence-electron chi connectivity index (χ4n) is 4.06. The van der Waals surface area contributed by atoms with Crippen molar-refractivity contribution in [3.63, 3.8) is 0 Å². The molecule has 0 radical (unpaired) electrons. The van der Waals surface area contributed by atoms with Gasteiger partial charge in [-0.3, -0.25) is 4.98 Å². The number of aromatic nitrogens is 1. The first-order valence-corrected chi connectivity index (χ1v) is 8.95. The van der Waals surface area contributed by atoms with Crippen LogP contribution in [0.4, 0.5) is 4.79 Å². The maximum Gasteiger partial charge on any atom is 0.410 e. The average molecular weight is 348 g/mol. The second-order valence-corrected chi connectivity index (χ2v) is 8.18. The van der Waals surface area contributed by atoms with Crippen LogP contribution in [0.5, 0.6) is 5.75 Å². The minimum atomic E-state index is -0.990. The standard InChI is InChI=1S/C19H28N2O4/c1-18(2,3)25-17(22)21-14-6-5-7-15(21)10-19(23,9-14)13-8-16(24-4)12-20-11-13/h8,11-12,14-15,23H,5-7,9-10H2,1-4H3. The summed E-state index contributed by atoms with van der Waals surface area (Å²) < 4.78 is 10.8. The lowest BCUT2D eigenvalue weighted by atomic mass is 9.73.